The van der Waals surface area contributed by atoms with Crippen LogP contribution in [0.2, 0.25) is 0 Å². The van der Waals surface area contributed by atoms with Gasteiger partial charge in [0.2, 0.25) is 10.0 Å². The summed E-state index contributed by atoms with van der Waals surface area (Å²) in [5.74, 6) is 0.248. The topological polar surface area (TPSA) is 122 Å². The number of sulfonamides is 1. The molecule has 122 valence electrons. The molecule has 9 heteroatoms. The summed E-state index contributed by atoms with van der Waals surface area (Å²) in [6, 6.07) is 3.67. The second kappa shape index (κ2) is 5.82. The number of rotatable bonds is 7. The standard InChI is InChI=1S/C13H19N3O5S/c1-13(8-17,9-3-4-9)15-11-6-5-10(22(20,21)14-2)7-12(11)16(18)19/h5-7,9,14-15,17H,3-4,8H2,1-2H3. The van der Waals surface area contributed by atoms with Gasteiger partial charge in [0.15, 0.2) is 0 Å². The van der Waals surface area contributed by atoms with E-state index in [1.165, 1.54) is 19.2 Å². The smallest absolute Gasteiger partial charge is 0.293 e. The summed E-state index contributed by atoms with van der Waals surface area (Å²) >= 11 is 0. The second-order valence-corrected chi connectivity index (χ2v) is 7.51. The molecule has 0 saturated heterocycles. The highest BCUT2D eigenvalue weighted by Gasteiger charge is 2.42. The molecule has 0 spiro atoms. The highest BCUT2D eigenvalue weighted by Crippen LogP contribution is 2.42. The number of nitrogens with one attached hydrogen (secondary N) is 2. The van der Waals surface area contributed by atoms with Crippen LogP contribution < -0.4 is 10.0 Å². The number of nitro benzene ring substituents is 1. The molecule has 8 nitrogen and oxygen atoms in total. The van der Waals surface area contributed by atoms with Crippen molar-refractivity contribution in [1.29, 1.82) is 0 Å². The highest BCUT2D eigenvalue weighted by molar-refractivity contribution is 7.89. The number of benzene rings is 1. The van der Waals surface area contributed by atoms with Gasteiger partial charge in [-0.05, 0) is 44.9 Å². The Morgan fingerprint density at radius 3 is 2.55 bits per heavy atom. The van der Waals surface area contributed by atoms with Gasteiger partial charge in [-0.25, -0.2) is 13.1 Å². The zero-order valence-corrected chi connectivity index (χ0v) is 13.2. The number of nitrogens with zero attached hydrogens (tertiary/aromatic N) is 1. The number of nitro groups is 1. The summed E-state index contributed by atoms with van der Waals surface area (Å²) in [6.45, 7) is 1.64. The molecule has 1 aromatic carbocycles. The van der Waals surface area contributed by atoms with E-state index in [2.05, 4.69) is 10.0 Å². The van der Waals surface area contributed by atoms with Crippen molar-refractivity contribution in [2.45, 2.75) is 30.2 Å². The Bertz CT molecular complexity index is 687. The molecule has 1 unspecified atom stereocenters. The maximum atomic E-state index is 11.8. The molecule has 0 radical (unpaired) electrons. The molecule has 22 heavy (non-hydrogen) atoms. The first-order valence-electron chi connectivity index (χ1n) is 6.84. The molecular weight excluding hydrogens is 310 g/mol. The third kappa shape index (κ3) is 3.21. The van der Waals surface area contributed by atoms with Gasteiger partial charge in [-0.15, -0.1) is 0 Å². The molecule has 1 aromatic rings. The van der Waals surface area contributed by atoms with Crippen molar-refractivity contribution in [3.63, 3.8) is 0 Å². The molecule has 1 fully saturated rings. The quantitative estimate of drug-likeness (QED) is 0.508. The Hall–Kier alpha value is -1.71. The predicted molar refractivity (Wildman–Crippen MR) is 81.2 cm³/mol. The van der Waals surface area contributed by atoms with E-state index >= 15 is 0 Å². The van der Waals surface area contributed by atoms with Gasteiger partial charge in [0.25, 0.3) is 5.69 Å². The van der Waals surface area contributed by atoms with E-state index in [0.29, 0.717) is 0 Å². The van der Waals surface area contributed by atoms with Crippen molar-refractivity contribution in [3.8, 4) is 0 Å². The molecule has 1 saturated carbocycles. The third-order valence-corrected chi connectivity index (χ3v) is 5.38. The number of hydrogen-bond acceptors (Lipinski definition) is 6. The largest absolute Gasteiger partial charge is 0.394 e. The average molecular weight is 329 g/mol. The van der Waals surface area contributed by atoms with Crippen molar-refractivity contribution in [2.75, 3.05) is 19.0 Å². The van der Waals surface area contributed by atoms with E-state index in [0.717, 1.165) is 18.9 Å². The molecule has 0 amide bonds. The summed E-state index contributed by atoms with van der Waals surface area (Å²) in [5.41, 5.74) is -0.797. The van der Waals surface area contributed by atoms with Crippen molar-refractivity contribution < 1.29 is 18.4 Å². The minimum Gasteiger partial charge on any atom is -0.394 e. The normalized spacial score (nSPS) is 17.8. The van der Waals surface area contributed by atoms with Gasteiger partial charge in [0.1, 0.15) is 5.69 Å². The molecular formula is C13H19N3O5S. The van der Waals surface area contributed by atoms with Gasteiger partial charge < -0.3 is 10.4 Å². The van der Waals surface area contributed by atoms with Crippen LogP contribution in [0.15, 0.2) is 23.1 Å². The zero-order valence-electron chi connectivity index (χ0n) is 12.4. The first-order chi connectivity index (χ1) is 10.2. The maximum absolute atomic E-state index is 11.8. The number of hydrogen-bond donors (Lipinski definition) is 3. The van der Waals surface area contributed by atoms with E-state index in [1.54, 1.807) is 6.92 Å². The predicted octanol–water partition coefficient (Wildman–Crippen LogP) is 1.08. The van der Waals surface area contributed by atoms with Crippen molar-refractivity contribution in [3.05, 3.63) is 28.3 Å². The van der Waals surface area contributed by atoms with Gasteiger partial charge in [-0.3, -0.25) is 10.1 Å². The highest BCUT2D eigenvalue weighted by atomic mass is 32.2. The van der Waals surface area contributed by atoms with Gasteiger partial charge in [-0.2, -0.15) is 0 Å². The van der Waals surface area contributed by atoms with Crippen LogP contribution in [-0.4, -0.2) is 37.6 Å². The molecule has 3 N–H and O–H groups in total. The lowest BCUT2D eigenvalue weighted by molar-refractivity contribution is -0.384. The fourth-order valence-corrected chi connectivity index (χ4v) is 3.10. The molecule has 0 aliphatic heterocycles. The van der Waals surface area contributed by atoms with Crippen molar-refractivity contribution in [1.82, 2.24) is 4.72 Å². The van der Waals surface area contributed by atoms with Crippen molar-refractivity contribution in [2.24, 2.45) is 5.92 Å². The van der Waals surface area contributed by atoms with Crippen LogP contribution in [-0.2, 0) is 10.0 Å². The Labute approximate surface area is 128 Å². The summed E-state index contributed by atoms with van der Waals surface area (Å²) < 4.78 is 25.6. The van der Waals surface area contributed by atoms with Crippen LogP contribution in [0.25, 0.3) is 0 Å². The average Bonchev–Trinajstić information content (AvgIpc) is 3.32. The fourth-order valence-electron chi connectivity index (χ4n) is 2.35. The Morgan fingerprint density at radius 1 is 1.45 bits per heavy atom. The first kappa shape index (κ1) is 16.7. The Morgan fingerprint density at radius 2 is 2.09 bits per heavy atom. The summed E-state index contributed by atoms with van der Waals surface area (Å²) in [4.78, 5) is 10.4. The summed E-state index contributed by atoms with van der Waals surface area (Å²) in [7, 11) is -2.52. The SMILES string of the molecule is CNS(=O)(=O)c1ccc(NC(C)(CO)C2CC2)c([N+](=O)[O-])c1. The molecule has 1 aliphatic carbocycles. The number of aliphatic hydroxyl groups is 1. The minimum atomic E-state index is -3.76. The fraction of sp³-hybridized carbons (Fsp3) is 0.538. The minimum absolute atomic E-state index is 0.161. The van der Waals surface area contributed by atoms with Gasteiger partial charge in [-0.1, -0.05) is 0 Å². The van der Waals surface area contributed by atoms with Crippen LogP contribution in [0.1, 0.15) is 19.8 Å². The van der Waals surface area contributed by atoms with Crippen LogP contribution in [0.5, 0.6) is 0 Å². The lowest BCUT2D eigenvalue weighted by atomic mass is 9.96. The molecule has 1 aliphatic rings. The van der Waals surface area contributed by atoms with Gasteiger partial charge in [0.05, 0.1) is 22.0 Å². The van der Waals surface area contributed by atoms with E-state index in [4.69, 9.17) is 0 Å². The maximum Gasteiger partial charge on any atom is 0.293 e. The van der Waals surface area contributed by atoms with Crippen LogP contribution in [0.4, 0.5) is 11.4 Å². The second-order valence-electron chi connectivity index (χ2n) is 5.62. The monoisotopic (exact) mass is 329 g/mol. The van der Waals surface area contributed by atoms with Crippen molar-refractivity contribution >= 4 is 21.4 Å². The molecule has 2 rings (SSSR count). The zero-order chi connectivity index (χ0) is 16.5. The van der Waals surface area contributed by atoms with Crippen LogP contribution in [0, 0.1) is 16.0 Å². The third-order valence-electron chi connectivity index (χ3n) is 3.97. The van der Waals surface area contributed by atoms with E-state index in [1.807, 2.05) is 0 Å². The lowest BCUT2D eigenvalue weighted by Gasteiger charge is -2.29. The van der Waals surface area contributed by atoms with Gasteiger partial charge >= 0.3 is 0 Å². The first-order valence-corrected chi connectivity index (χ1v) is 8.33. The Kier molecular flexibility index (Phi) is 4.41. The summed E-state index contributed by atoms with van der Waals surface area (Å²) in [5, 5.41) is 23.8. The summed E-state index contributed by atoms with van der Waals surface area (Å²) in [6.07, 6.45) is 1.90. The molecule has 0 heterocycles. The molecule has 0 bridgehead atoms. The molecule has 0 aromatic heterocycles. The molecule has 1 atom stereocenters. The Balaban J connectivity index is 2.42. The van der Waals surface area contributed by atoms with E-state index in [-0.39, 0.29) is 28.8 Å². The van der Waals surface area contributed by atoms with E-state index < -0.39 is 20.5 Å². The van der Waals surface area contributed by atoms with Crippen LogP contribution in [0.3, 0.4) is 0 Å². The van der Waals surface area contributed by atoms with E-state index in [9.17, 15) is 23.6 Å². The lowest BCUT2D eigenvalue weighted by Crippen LogP contribution is -2.41. The number of aliphatic hydroxyl groups excluding tert-OH is 1. The number of anilines is 1. The van der Waals surface area contributed by atoms with Crippen LogP contribution >= 0.6 is 0 Å². The van der Waals surface area contributed by atoms with Gasteiger partial charge in [0, 0.05) is 6.07 Å².